The molecule has 0 unspecified atom stereocenters. The van der Waals surface area contributed by atoms with Crippen LogP contribution in [0.15, 0.2) is 53.1 Å². The molecular weight excluding hydrogens is 388 g/mol. The Morgan fingerprint density at radius 3 is 2.52 bits per heavy atom. The summed E-state index contributed by atoms with van der Waals surface area (Å²) in [7, 11) is 1.54. The highest BCUT2D eigenvalue weighted by Crippen LogP contribution is 2.26. The molecule has 0 bridgehead atoms. The number of furan rings is 1. The van der Waals surface area contributed by atoms with Crippen molar-refractivity contribution in [3.8, 4) is 11.5 Å². The van der Waals surface area contributed by atoms with E-state index in [1.807, 2.05) is 0 Å². The summed E-state index contributed by atoms with van der Waals surface area (Å²) >= 11 is 0. The van der Waals surface area contributed by atoms with Crippen molar-refractivity contribution in [2.45, 2.75) is 13.0 Å². The van der Waals surface area contributed by atoms with Crippen LogP contribution in [-0.4, -0.2) is 32.2 Å². The molecule has 1 N–H and O–H groups in total. The van der Waals surface area contributed by atoms with Crippen LogP contribution in [0.3, 0.4) is 0 Å². The van der Waals surface area contributed by atoms with Gasteiger partial charge in [-0.1, -0.05) is 0 Å². The number of amides is 1. The molecule has 152 valence electrons. The van der Waals surface area contributed by atoms with Crippen LogP contribution in [0.5, 0.6) is 11.5 Å². The van der Waals surface area contributed by atoms with Gasteiger partial charge in [-0.25, -0.2) is 0 Å². The number of hydrogen-bond acceptors (Lipinski definition) is 6. The van der Waals surface area contributed by atoms with Crippen LogP contribution in [0.25, 0.3) is 11.0 Å². The average molecular weight is 405 g/mol. The van der Waals surface area contributed by atoms with E-state index in [4.69, 9.17) is 13.9 Å². The third kappa shape index (κ3) is 5.44. The van der Waals surface area contributed by atoms with E-state index in [0.717, 1.165) is 5.39 Å². The van der Waals surface area contributed by atoms with E-state index in [2.05, 4.69) is 10.1 Å². The van der Waals surface area contributed by atoms with Crippen molar-refractivity contribution < 1.29 is 37.0 Å². The number of anilines is 1. The zero-order valence-corrected chi connectivity index (χ0v) is 15.3. The minimum absolute atomic E-state index is 0.0330. The maximum atomic E-state index is 12.1. The molecule has 1 heterocycles. The lowest BCUT2D eigenvalue weighted by molar-refractivity contribution is -0.146. The molecule has 0 aliphatic carbocycles. The minimum atomic E-state index is -2.93. The number of nitrogens with one attached hydrogen (secondary N) is 1. The van der Waals surface area contributed by atoms with Gasteiger partial charge in [-0.15, -0.1) is 0 Å². The molecule has 0 spiro atoms. The van der Waals surface area contributed by atoms with Gasteiger partial charge in [0.2, 0.25) is 0 Å². The van der Waals surface area contributed by atoms with Crippen molar-refractivity contribution in [2.75, 3.05) is 19.0 Å². The van der Waals surface area contributed by atoms with E-state index in [9.17, 15) is 18.4 Å². The minimum Gasteiger partial charge on any atom is -0.497 e. The first kappa shape index (κ1) is 20.1. The zero-order valence-electron chi connectivity index (χ0n) is 15.3. The number of methoxy groups -OCH3 is 1. The second-order valence-electron chi connectivity index (χ2n) is 5.91. The lowest BCUT2D eigenvalue weighted by atomic mass is 10.1. The third-order valence-corrected chi connectivity index (χ3v) is 3.93. The lowest BCUT2D eigenvalue weighted by Gasteiger charge is -2.08. The molecule has 0 saturated heterocycles. The summed E-state index contributed by atoms with van der Waals surface area (Å²) in [6, 6.07) is 10.6. The van der Waals surface area contributed by atoms with E-state index in [0.29, 0.717) is 22.6 Å². The van der Waals surface area contributed by atoms with Gasteiger partial charge in [0.15, 0.2) is 6.61 Å². The molecule has 0 radical (unpaired) electrons. The first-order valence-corrected chi connectivity index (χ1v) is 8.49. The Bertz CT molecular complexity index is 1000. The normalized spacial score (nSPS) is 10.8. The van der Waals surface area contributed by atoms with Gasteiger partial charge in [0.05, 0.1) is 19.8 Å². The van der Waals surface area contributed by atoms with E-state index in [1.54, 1.807) is 25.3 Å². The molecule has 1 amide bonds. The summed E-state index contributed by atoms with van der Waals surface area (Å²) in [5.74, 6) is -0.567. The lowest BCUT2D eigenvalue weighted by Crippen LogP contribution is -2.21. The second-order valence-corrected chi connectivity index (χ2v) is 5.91. The number of alkyl halides is 2. The molecule has 0 fully saturated rings. The summed E-state index contributed by atoms with van der Waals surface area (Å²) < 4.78 is 43.9. The summed E-state index contributed by atoms with van der Waals surface area (Å²) in [4.78, 5) is 23.9. The van der Waals surface area contributed by atoms with Gasteiger partial charge in [0.1, 0.15) is 17.1 Å². The van der Waals surface area contributed by atoms with Gasteiger partial charge < -0.3 is 23.9 Å². The van der Waals surface area contributed by atoms with Crippen LogP contribution in [0.4, 0.5) is 14.5 Å². The molecule has 29 heavy (non-hydrogen) atoms. The van der Waals surface area contributed by atoms with Crippen molar-refractivity contribution in [2.24, 2.45) is 0 Å². The summed E-state index contributed by atoms with van der Waals surface area (Å²) in [6.07, 6.45) is 1.39. The van der Waals surface area contributed by atoms with Crippen LogP contribution in [-0.2, 0) is 20.7 Å². The summed E-state index contributed by atoms with van der Waals surface area (Å²) in [5, 5.41) is 3.24. The topological polar surface area (TPSA) is 87.0 Å². The quantitative estimate of drug-likeness (QED) is 0.574. The highest BCUT2D eigenvalue weighted by atomic mass is 19.3. The highest BCUT2D eigenvalue weighted by Gasteiger charge is 2.14. The van der Waals surface area contributed by atoms with E-state index < -0.39 is 25.1 Å². The Morgan fingerprint density at radius 1 is 1.10 bits per heavy atom. The van der Waals surface area contributed by atoms with Crippen LogP contribution in [0.1, 0.15) is 5.56 Å². The molecule has 0 aliphatic heterocycles. The third-order valence-electron chi connectivity index (χ3n) is 3.93. The standard InChI is InChI=1S/C20H17F2NO6/c1-26-15-6-7-16-12(10-27-17(16)9-15)8-19(25)28-11-18(24)23-13-2-4-14(5-3-13)29-20(21)22/h2-7,9-10,20H,8,11H2,1H3,(H,23,24). The highest BCUT2D eigenvalue weighted by molar-refractivity contribution is 5.93. The molecule has 0 aliphatic rings. The van der Waals surface area contributed by atoms with Gasteiger partial charge in [-0.2, -0.15) is 8.78 Å². The van der Waals surface area contributed by atoms with Gasteiger partial charge in [-0.3, -0.25) is 9.59 Å². The molecule has 0 saturated carbocycles. The largest absolute Gasteiger partial charge is 0.497 e. The number of rotatable bonds is 8. The van der Waals surface area contributed by atoms with Crippen molar-refractivity contribution >= 4 is 28.5 Å². The number of benzene rings is 2. The number of ether oxygens (including phenoxy) is 3. The number of fused-ring (bicyclic) bond motifs is 1. The predicted molar refractivity (Wildman–Crippen MR) is 99.1 cm³/mol. The summed E-state index contributed by atoms with van der Waals surface area (Å²) in [6.45, 7) is -3.42. The Balaban J connectivity index is 1.49. The maximum Gasteiger partial charge on any atom is 0.387 e. The Kier molecular flexibility index (Phi) is 6.28. The molecule has 1 aromatic heterocycles. The van der Waals surface area contributed by atoms with E-state index in [-0.39, 0.29) is 12.2 Å². The van der Waals surface area contributed by atoms with Gasteiger partial charge >= 0.3 is 12.6 Å². The number of carbonyl (C=O) groups excluding carboxylic acids is 2. The van der Waals surface area contributed by atoms with Crippen LogP contribution >= 0.6 is 0 Å². The van der Waals surface area contributed by atoms with E-state index >= 15 is 0 Å². The molecule has 7 nitrogen and oxygen atoms in total. The summed E-state index contributed by atoms with van der Waals surface area (Å²) in [5.41, 5.74) is 1.55. The molecule has 0 atom stereocenters. The van der Waals surface area contributed by atoms with Gasteiger partial charge in [-0.05, 0) is 36.4 Å². The van der Waals surface area contributed by atoms with Crippen molar-refractivity contribution in [1.29, 1.82) is 0 Å². The molecular formula is C20H17F2NO6. The number of halogens is 2. The Morgan fingerprint density at radius 2 is 1.83 bits per heavy atom. The van der Waals surface area contributed by atoms with Crippen molar-refractivity contribution in [1.82, 2.24) is 0 Å². The Hall–Kier alpha value is -3.62. The van der Waals surface area contributed by atoms with E-state index in [1.165, 1.54) is 30.5 Å². The fraction of sp³-hybridized carbons (Fsp3) is 0.200. The SMILES string of the molecule is COc1ccc2c(CC(=O)OCC(=O)Nc3ccc(OC(F)F)cc3)coc2c1. The van der Waals surface area contributed by atoms with Crippen molar-refractivity contribution in [3.05, 3.63) is 54.3 Å². The molecule has 3 aromatic rings. The number of esters is 1. The fourth-order valence-electron chi connectivity index (χ4n) is 2.60. The van der Waals surface area contributed by atoms with Gasteiger partial charge in [0.25, 0.3) is 5.91 Å². The molecule has 3 rings (SSSR count). The van der Waals surface area contributed by atoms with Crippen LogP contribution < -0.4 is 14.8 Å². The maximum absolute atomic E-state index is 12.1. The van der Waals surface area contributed by atoms with Crippen molar-refractivity contribution in [3.63, 3.8) is 0 Å². The molecule has 9 heteroatoms. The molecule has 2 aromatic carbocycles. The predicted octanol–water partition coefficient (Wildman–Crippen LogP) is 3.77. The monoisotopic (exact) mass is 405 g/mol. The van der Waals surface area contributed by atoms with Gasteiger partial charge in [0, 0.05) is 22.7 Å². The van der Waals surface area contributed by atoms with Crippen LogP contribution in [0.2, 0.25) is 0 Å². The number of hydrogen-bond donors (Lipinski definition) is 1. The fourth-order valence-corrected chi connectivity index (χ4v) is 2.60. The average Bonchev–Trinajstić information content (AvgIpc) is 3.09. The Labute approximate surface area is 164 Å². The first-order valence-electron chi connectivity index (χ1n) is 8.49. The second kappa shape index (κ2) is 9.05. The number of carbonyl (C=O) groups is 2. The van der Waals surface area contributed by atoms with Crippen LogP contribution in [0, 0.1) is 0 Å². The smallest absolute Gasteiger partial charge is 0.387 e. The zero-order chi connectivity index (χ0) is 20.8. The first-order chi connectivity index (χ1) is 13.9.